The lowest BCUT2D eigenvalue weighted by Crippen LogP contribution is -2.18. The fourth-order valence-electron chi connectivity index (χ4n) is 4.63. The first kappa shape index (κ1) is 21.1. The lowest BCUT2D eigenvalue weighted by atomic mass is 9.96. The summed E-state index contributed by atoms with van der Waals surface area (Å²) in [5.74, 6) is 0. The van der Waals surface area contributed by atoms with E-state index in [2.05, 4.69) is 16.0 Å². The molecule has 3 heterocycles. The molecule has 0 spiro atoms. The number of aliphatic hydroxyl groups excluding tert-OH is 2. The van der Waals surface area contributed by atoms with E-state index in [1.54, 1.807) is 12.1 Å². The van der Waals surface area contributed by atoms with Crippen LogP contribution in [0.3, 0.4) is 0 Å². The molecule has 0 saturated carbocycles. The molecule has 2 atom stereocenters. The van der Waals surface area contributed by atoms with Gasteiger partial charge in [-0.1, -0.05) is 35.9 Å². The third-order valence-corrected chi connectivity index (χ3v) is 6.59. The molecule has 4 aromatic rings. The van der Waals surface area contributed by atoms with Gasteiger partial charge in [0.1, 0.15) is 12.2 Å². The lowest BCUT2D eigenvalue weighted by molar-refractivity contribution is 0.0174. The fraction of sp³-hybridized carbons (Fsp3) is 0.308. The van der Waals surface area contributed by atoms with Crippen molar-refractivity contribution >= 4 is 39.1 Å². The van der Waals surface area contributed by atoms with Crippen LogP contribution in [0.15, 0.2) is 48.5 Å². The molecule has 5 rings (SSSR count). The number of pyridine rings is 2. The van der Waals surface area contributed by atoms with E-state index in [0.29, 0.717) is 21.7 Å². The molecule has 1 aliphatic heterocycles. The molecule has 0 aliphatic carbocycles. The highest BCUT2D eigenvalue weighted by Crippen LogP contribution is 2.35. The van der Waals surface area contributed by atoms with Gasteiger partial charge in [0.05, 0.1) is 16.1 Å². The standard InChI is InChI=1S/C26H26ClN3O2/c1-15-11-21(27)19-7-5-17(13-22(19)28-15)25(31)26(32)18-6-8-20-23(14-18)29-16(2)12-24(20)30-9-3-4-10-30/h5-8,11-14,25-26,31-32H,3-4,9-10H2,1-2H3. The summed E-state index contributed by atoms with van der Waals surface area (Å²) in [6.07, 6.45) is 0.226. The third kappa shape index (κ3) is 3.81. The maximum absolute atomic E-state index is 11.0. The van der Waals surface area contributed by atoms with Gasteiger partial charge in [0, 0.05) is 40.9 Å². The van der Waals surface area contributed by atoms with E-state index < -0.39 is 12.2 Å². The molecular weight excluding hydrogens is 422 g/mol. The molecule has 0 bridgehead atoms. The Labute approximate surface area is 192 Å². The fourth-order valence-corrected chi connectivity index (χ4v) is 4.95. The smallest absolute Gasteiger partial charge is 0.109 e. The molecule has 2 aromatic carbocycles. The molecule has 6 heteroatoms. The van der Waals surface area contributed by atoms with Gasteiger partial charge in [-0.15, -0.1) is 0 Å². The molecule has 2 aromatic heterocycles. The van der Waals surface area contributed by atoms with Crippen LogP contribution in [0.1, 0.15) is 47.6 Å². The number of fused-ring (bicyclic) bond motifs is 2. The Morgan fingerprint density at radius 1 is 0.781 bits per heavy atom. The molecule has 1 fully saturated rings. The quantitative estimate of drug-likeness (QED) is 0.437. The summed E-state index contributed by atoms with van der Waals surface area (Å²) in [5.41, 5.74) is 5.70. The zero-order chi connectivity index (χ0) is 22.4. The summed E-state index contributed by atoms with van der Waals surface area (Å²) in [7, 11) is 0. The van der Waals surface area contributed by atoms with Crippen LogP contribution in [0, 0.1) is 13.8 Å². The van der Waals surface area contributed by atoms with Crippen molar-refractivity contribution in [3.8, 4) is 0 Å². The average Bonchev–Trinajstić information content (AvgIpc) is 3.31. The predicted molar refractivity (Wildman–Crippen MR) is 129 cm³/mol. The SMILES string of the molecule is Cc1cc(Cl)c2ccc(C(O)C(O)c3ccc4c(N5CCCC5)cc(C)nc4c3)cc2n1. The largest absolute Gasteiger partial charge is 0.385 e. The Morgan fingerprint density at radius 2 is 1.31 bits per heavy atom. The summed E-state index contributed by atoms with van der Waals surface area (Å²) in [6, 6.07) is 15.1. The second kappa shape index (κ2) is 8.32. The molecule has 164 valence electrons. The number of hydrogen-bond acceptors (Lipinski definition) is 5. The van der Waals surface area contributed by atoms with Crippen LogP contribution in [0.5, 0.6) is 0 Å². The molecule has 32 heavy (non-hydrogen) atoms. The predicted octanol–water partition coefficient (Wildman–Crippen LogP) is 5.42. The van der Waals surface area contributed by atoms with Crippen LogP contribution < -0.4 is 4.90 Å². The van der Waals surface area contributed by atoms with Gasteiger partial charge in [-0.25, -0.2) is 0 Å². The molecule has 2 unspecified atom stereocenters. The number of aliphatic hydroxyl groups is 2. The molecule has 1 saturated heterocycles. The number of hydrogen-bond donors (Lipinski definition) is 2. The van der Waals surface area contributed by atoms with Gasteiger partial charge in [-0.05, 0) is 62.1 Å². The van der Waals surface area contributed by atoms with Crippen molar-refractivity contribution in [2.45, 2.75) is 38.9 Å². The van der Waals surface area contributed by atoms with Gasteiger partial charge in [0.15, 0.2) is 0 Å². The van der Waals surface area contributed by atoms with Crippen molar-refractivity contribution in [1.82, 2.24) is 9.97 Å². The highest BCUT2D eigenvalue weighted by atomic mass is 35.5. The number of rotatable bonds is 4. The highest BCUT2D eigenvalue weighted by Gasteiger charge is 2.23. The van der Waals surface area contributed by atoms with E-state index in [1.165, 1.54) is 18.5 Å². The summed E-state index contributed by atoms with van der Waals surface area (Å²) >= 11 is 6.32. The molecule has 2 N–H and O–H groups in total. The topological polar surface area (TPSA) is 69.5 Å². The minimum absolute atomic E-state index is 0.592. The average molecular weight is 448 g/mol. The number of nitrogens with zero attached hydrogens (tertiary/aromatic N) is 3. The van der Waals surface area contributed by atoms with Crippen molar-refractivity contribution in [1.29, 1.82) is 0 Å². The van der Waals surface area contributed by atoms with E-state index in [-0.39, 0.29) is 0 Å². The van der Waals surface area contributed by atoms with Gasteiger partial charge in [0.2, 0.25) is 0 Å². The summed E-state index contributed by atoms with van der Waals surface area (Å²) < 4.78 is 0. The Morgan fingerprint density at radius 3 is 1.94 bits per heavy atom. The summed E-state index contributed by atoms with van der Waals surface area (Å²) in [4.78, 5) is 11.6. The highest BCUT2D eigenvalue weighted by molar-refractivity contribution is 6.35. The Kier molecular flexibility index (Phi) is 5.49. The van der Waals surface area contributed by atoms with Crippen molar-refractivity contribution in [3.05, 3.63) is 76.1 Å². The van der Waals surface area contributed by atoms with Crippen molar-refractivity contribution < 1.29 is 10.2 Å². The van der Waals surface area contributed by atoms with Crippen molar-refractivity contribution in [2.24, 2.45) is 0 Å². The van der Waals surface area contributed by atoms with E-state index in [4.69, 9.17) is 16.6 Å². The van der Waals surface area contributed by atoms with Crippen LogP contribution in [0.4, 0.5) is 5.69 Å². The van der Waals surface area contributed by atoms with E-state index in [0.717, 1.165) is 40.8 Å². The first-order valence-corrected chi connectivity index (χ1v) is 11.4. The zero-order valence-corrected chi connectivity index (χ0v) is 19.0. The molecule has 0 radical (unpaired) electrons. The minimum atomic E-state index is -1.10. The first-order valence-electron chi connectivity index (χ1n) is 11.0. The normalized spacial score (nSPS) is 16.1. The molecule has 5 nitrogen and oxygen atoms in total. The number of aromatic nitrogens is 2. The molecule has 1 aliphatic rings. The molecule has 0 amide bonds. The number of halogens is 1. The molecular formula is C26H26ClN3O2. The van der Waals surface area contributed by atoms with Crippen molar-refractivity contribution in [2.75, 3.05) is 18.0 Å². The Balaban J connectivity index is 1.50. The van der Waals surface area contributed by atoms with Crippen LogP contribution in [0.25, 0.3) is 21.8 Å². The maximum Gasteiger partial charge on any atom is 0.109 e. The number of aryl methyl sites for hydroxylation is 2. The van der Waals surface area contributed by atoms with Crippen LogP contribution in [0.2, 0.25) is 5.02 Å². The second-order valence-electron chi connectivity index (χ2n) is 8.67. The van der Waals surface area contributed by atoms with E-state index in [9.17, 15) is 10.2 Å². The first-order chi connectivity index (χ1) is 15.4. The van der Waals surface area contributed by atoms with Crippen molar-refractivity contribution in [3.63, 3.8) is 0 Å². The second-order valence-corrected chi connectivity index (χ2v) is 9.07. The van der Waals surface area contributed by atoms with Crippen LogP contribution >= 0.6 is 11.6 Å². The Hall–Kier alpha value is -2.73. The van der Waals surface area contributed by atoms with Crippen LogP contribution in [-0.4, -0.2) is 33.3 Å². The van der Waals surface area contributed by atoms with Gasteiger partial charge in [-0.2, -0.15) is 0 Å². The number of anilines is 1. The third-order valence-electron chi connectivity index (χ3n) is 6.28. The summed E-state index contributed by atoms with van der Waals surface area (Å²) in [6.45, 7) is 5.98. The van der Waals surface area contributed by atoms with E-state index in [1.807, 2.05) is 44.2 Å². The lowest BCUT2D eigenvalue weighted by Gasteiger charge is -2.22. The maximum atomic E-state index is 11.0. The number of benzene rings is 2. The van der Waals surface area contributed by atoms with Gasteiger partial charge < -0.3 is 15.1 Å². The van der Waals surface area contributed by atoms with Gasteiger partial charge >= 0.3 is 0 Å². The van der Waals surface area contributed by atoms with Gasteiger partial charge in [0.25, 0.3) is 0 Å². The minimum Gasteiger partial charge on any atom is -0.385 e. The van der Waals surface area contributed by atoms with Crippen LogP contribution in [-0.2, 0) is 0 Å². The summed E-state index contributed by atoms with van der Waals surface area (Å²) in [5, 5.41) is 24.5. The monoisotopic (exact) mass is 447 g/mol. The van der Waals surface area contributed by atoms with E-state index >= 15 is 0 Å². The van der Waals surface area contributed by atoms with Gasteiger partial charge in [-0.3, -0.25) is 9.97 Å². The Bertz CT molecular complexity index is 1320. The zero-order valence-electron chi connectivity index (χ0n) is 18.2.